The standard InChI is InChI=1S/C14H20N4O/c1-10(2)11-8-12-13(15-5-6-18(12)17-11)16-14(3)4-7-19-9-14/h5-6,8,10H,4,7,9H2,1-3H3,(H,15,16). The summed E-state index contributed by atoms with van der Waals surface area (Å²) in [4.78, 5) is 4.46. The molecule has 1 N–H and O–H groups in total. The Balaban J connectivity index is 1.98. The number of rotatable bonds is 3. The van der Waals surface area contributed by atoms with E-state index in [1.165, 1.54) is 0 Å². The van der Waals surface area contributed by atoms with E-state index in [1.807, 2.05) is 10.7 Å². The summed E-state index contributed by atoms with van der Waals surface area (Å²) in [6, 6.07) is 2.11. The Hall–Kier alpha value is -1.62. The van der Waals surface area contributed by atoms with Gasteiger partial charge in [0, 0.05) is 19.0 Å². The van der Waals surface area contributed by atoms with Gasteiger partial charge < -0.3 is 10.1 Å². The third-order valence-corrected chi connectivity index (χ3v) is 3.64. The number of hydrogen-bond donors (Lipinski definition) is 1. The van der Waals surface area contributed by atoms with Gasteiger partial charge >= 0.3 is 0 Å². The van der Waals surface area contributed by atoms with Crippen LogP contribution >= 0.6 is 0 Å². The lowest BCUT2D eigenvalue weighted by Crippen LogP contribution is -2.35. The molecule has 5 heteroatoms. The van der Waals surface area contributed by atoms with E-state index >= 15 is 0 Å². The molecule has 0 radical (unpaired) electrons. The molecule has 0 saturated carbocycles. The lowest BCUT2D eigenvalue weighted by Gasteiger charge is -2.24. The maximum Gasteiger partial charge on any atom is 0.152 e. The van der Waals surface area contributed by atoms with Gasteiger partial charge in [-0.05, 0) is 25.3 Å². The van der Waals surface area contributed by atoms with Crippen molar-refractivity contribution >= 4 is 11.3 Å². The minimum Gasteiger partial charge on any atom is -0.379 e. The van der Waals surface area contributed by atoms with E-state index in [0.29, 0.717) is 5.92 Å². The Morgan fingerprint density at radius 3 is 3.00 bits per heavy atom. The van der Waals surface area contributed by atoms with Gasteiger partial charge in [-0.25, -0.2) is 9.50 Å². The van der Waals surface area contributed by atoms with Gasteiger partial charge in [0.05, 0.1) is 17.8 Å². The summed E-state index contributed by atoms with van der Waals surface area (Å²) in [6.45, 7) is 8.00. The third-order valence-electron chi connectivity index (χ3n) is 3.64. The summed E-state index contributed by atoms with van der Waals surface area (Å²) < 4.78 is 7.37. The fourth-order valence-electron chi connectivity index (χ4n) is 2.37. The predicted octanol–water partition coefficient (Wildman–Crippen LogP) is 2.44. The molecule has 1 unspecified atom stereocenters. The zero-order valence-corrected chi connectivity index (χ0v) is 11.7. The van der Waals surface area contributed by atoms with Gasteiger partial charge in [-0.2, -0.15) is 5.10 Å². The topological polar surface area (TPSA) is 51.5 Å². The van der Waals surface area contributed by atoms with Crippen molar-refractivity contribution in [3.63, 3.8) is 0 Å². The summed E-state index contributed by atoms with van der Waals surface area (Å²) >= 11 is 0. The molecule has 0 amide bonds. The van der Waals surface area contributed by atoms with Crippen LogP contribution in [-0.2, 0) is 4.74 Å². The molecule has 0 spiro atoms. The monoisotopic (exact) mass is 260 g/mol. The van der Waals surface area contributed by atoms with Gasteiger partial charge in [-0.1, -0.05) is 13.8 Å². The number of ether oxygens (including phenoxy) is 1. The molecule has 5 nitrogen and oxygen atoms in total. The van der Waals surface area contributed by atoms with Gasteiger partial charge in [0.15, 0.2) is 5.82 Å². The number of nitrogens with zero attached hydrogens (tertiary/aromatic N) is 3. The molecule has 2 aromatic rings. The van der Waals surface area contributed by atoms with E-state index in [1.54, 1.807) is 6.20 Å². The summed E-state index contributed by atoms with van der Waals surface area (Å²) in [5.41, 5.74) is 2.08. The number of nitrogens with one attached hydrogen (secondary N) is 1. The van der Waals surface area contributed by atoms with E-state index in [2.05, 4.69) is 42.2 Å². The molecule has 1 fully saturated rings. The van der Waals surface area contributed by atoms with Gasteiger partial charge in [-0.3, -0.25) is 0 Å². The Kier molecular flexibility index (Phi) is 2.93. The van der Waals surface area contributed by atoms with Crippen LogP contribution in [0.1, 0.15) is 38.8 Å². The lowest BCUT2D eigenvalue weighted by molar-refractivity contribution is 0.185. The smallest absolute Gasteiger partial charge is 0.152 e. The highest BCUT2D eigenvalue weighted by molar-refractivity contribution is 5.68. The van der Waals surface area contributed by atoms with E-state index < -0.39 is 0 Å². The van der Waals surface area contributed by atoms with Crippen molar-refractivity contribution in [1.29, 1.82) is 0 Å². The SMILES string of the molecule is CC(C)c1cc2c(NC3(C)CCOC3)nccn2n1. The van der Waals surface area contributed by atoms with Crippen LogP contribution < -0.4 is 5.32 Å². The molecule has 2 aromatic heterocycles. The van der Waals surface area contributed by atoms with Crippen molar-refractivity contribution < 1.29 is 4.74 Å². The fourth-order valence-corrected chi connectivity index (χ4v) is 2.37. The number of fused-ring (bicyclic) bond motifs is 1. The highest BCUT2D eigenvalue weighted by Gasteiger charge is 2.30. The first-order valence-electron chi connectivity index (χ1n) is 6.78. The van der Waals surface area contributed by atoms with Crippen molar-refractivity contribution in [2.24, 2.45) is 0 Å². The molecule has 1 aliphatic rings. The molecule has 3 heterocycles. The van der Waals surface area contributed by atoms with Crippen LogP contribution in [0.25, 0.3) is 5.52 Å². The Bertz CT molecular complexity index is 584. The largest absolute Gasteiger partial charge is 0.379 e. The number of aromatic nitrogens is 3. The van der Waals surface area contributed by atoms with Gasteiger partial charge in [0.25, 0.3) is 0 Å². The Labute approximate surface area is 113 Å². The first-order valence-corrected chi connectivity index (χ1v) is 6.78. The summed E-state index contributed by atoms with van der Waals surface area (Å²) in [7, 11) is 0. The normalized spacial score (nSPS) is 23.4. The van der Waals surface area contributed by atoms with E-state index in [4.69, 9.17) is 4.74 Å². The summed E-state index contributed by atoms with van der Waals surface area (Å²) in [6.07, 6.45) is 4.67. The van der Waals surface area contributed by atoms with Gasteiger partial charge in [0.1, 0.15) is 5.52 Å². The molecule has 3 rings (SSSR count). The van der Waals surface area contributed by atoms with E-state index in [0.717, 1.165) is 36.7 Å². The van der Waals surface area contributed by atoms with Crippen LogP contribution in [0.5, 0.6) is 0 Å². The van der Waals surface area contributed by atoms with Crippen molar-refractivity contribution in [2.75, 3.05) is 18.5 Å². The van der Waals surface area contributed by atoms with Crippen LogP contribution in [0.4, 0.5) is 5.82 Å². The lowest BCUT2D eigenvalue weighted by atomic mass is 10.0. The third kappa shape index (κ3) is 2.30. The zero-order chi connectivity index (χ0) is 13.5. The second-order valence-corrected chi connectivity index (χ2v) is 5.82. The van der Waals surface area contributed by atoms with Crippen molar-refractivity contribution in [3.05, 3.63) is 24.2 Å². The first kappa shape index (κ1) is 12.4. The minimum absolute atomic E-state index is 0.0306. The average Bonchev–Trinajstić information content (AvgIpc) is 2.96. The van der Waals surface area contributed by atoms with Crippen molar-refractivity contribution in [3.8, 4) is 0 Å². The molecule has 0 aliphatic carbocycles. The van der Waals surface area contributed by atoms with Crippen LogP contribution in [0.3, 0.4) is 0 Å². The average molecular weight is 260 g/mol. The van der Waals surface area contributed by atoms with Crippen LogP contribution in [0, 0.1) is 0 Å². The molecular weight excluding hydrogens is 240 g/mol. The van der Waals surface area contributed by atoms with Crippen LogP contribution in [-0.4, -0.2) is 33.4 Å². The zero-order valence-electron chi connectivity index (χ0n) is 11.7. The van der Waals surface area contributed by atoms with Crippen molar-refractivity contribution in [1.82, 2.24) is 14.6 Å². The summed E-state index contributed by atoms with van der Waals surface area (Å²) in [5.74, 6) is 1.30. The molecule has 102 valence electrons. The first-order chi connectivity index (χ1) is 9.07. The van der Waals surface area contributed by atoms with E-state index in [-0.39, 0.29) is 5.54 Å². The maximum absolute atomic E-state index is 5.48. The van der Waals surface area contributed by atoms with Gasteiger partial charge in [-0.15, -0.1) is 0 Å². The Morgan fingerprint density at radius 2 is 2.32 bits per heavy atom. The molecule has 19 heavy (non-hydrogen) atoms. The highest BCUT2D eigenvalue weighted by atomic mass is 16.5. The molecule has 0 bridgehead atoms. The quantitative estimate of drug-likeness (QED) is 0.921. The predicted molar refractivity (Wildman–Crippen MR) is 74.5 cm³/mol. The maximum atomic E-state index is 5.48. The van der Waals surface area contributed by atoms with E-state index in [9.17, 15) is 0 Å². The molecule has 0 aromatic carbocycles. The fraction of sp³-hybridized carbons (Fsp3) is 0.571. The minimum atomic E-state index is -0.0306. The number of anilines is 1. The highest BCUT2D eigenvalue weighted by Crippen LogP contribution is 2.26. The van der Waals surface area contributed by atoms with Gasteiger partial charge in [0.2, 0.25) is 0 Å². The molecule has 1 atom stereocenters. The Morgan fingerprint density at radius 1 is 1.47 bits per heavy atom. The molecule has 1 aliphatic heterocycles. The number of hydrogen-bond acceptors (Lipinski definition) is 4. The van der Waals surface area contributed by atoms with Crippen LogP contribution in [0.15, 0.2) is 18.5 Å². The molecule has 1 saturated heterocycles. The molecular formula is C14H20N4O. The second-order valence-electron chi connectivity index (χ2n) is 5.82. The van der Waals surface area contributed by atoms with Crippen LogP contribution in [0.2, 0.25) is 0 Å². The summed E-state index contributed by atoms with van der Waals surface area (Å²) in [5, 5.41) is 8.09. The second kappa shape index (κ2) is 4.49. The van der Waals surface area contributed by atoms with Crippen molar-refractivity contribution in [2.45, 2.75) is 38.6 Å².